The number of nitrogens with two attached hydrogens (primary N) is 1. The number of aryl methyl sites for hydroxylation is 1. The standard InChI is InChI=1S/C10H13ClN2/c1-3-4-9(12)8-6-13-10(11)5-7(8)2/h3,5-6,9H,1,4,12H2,2H3/t9-/m1/s1. The molecule has 1 aromatic heterocycles. The summed E-state index contributed by atoms with van der Waals surface area (Å²) in [6, 6.07) is 1.79. The van der Waals surface area contributed by atoms with Crippen molar-refractivity contribution in [2.45, 2.75) is 19.4 Å². The van der Waals surface area contributed by atoms with Gasteiger partial charge in [-0.3, -0.25) is 0 Å². The first-order chi connectivity index (χ1) is 6.15. The second kappa shape index (κ2) is 4.40. The first-order valence-corrected chi connectivity index (χ1v) is 4.51. The molecule has 0 aliphatic carbocycles. The Morgan fingerprint density at radius 2 is 2.46 bits per heavy atom. The maximum absolute atomic E-state index is 5.90. The molecule has 3 heteroatoms. The number of aromatic nitrogens is 1. The molecule has 0 fully saturated rings. The minimum absolute atomic E-state index is 0.0257. The molecule has 2 N–H and O–H groups in total. The number of nitrogens with zero attached hydrogens (tertiary/aromatic N) is 1. The molecule has 0 aliphatic rings. The minimum atomic E-state index is -0.0257. The molecule has 13 heavy (non-hydrogen) atoms. The van der Waals surface area contributed by atoms with E-state index in [0.717, 1.165) is 17.5 Å². The molecule has 0 saturated heterocycles. The molecule has 0 unspecified atom stereocenters. The zero-order valence-corrected chi connectivity index (χ0v) is 8.38. The van der Waals surface area contributed by atoms with E-state index < -0.39 is 0 Å². The molecular formula is C10H13ClN2. The molecular weight excluding hydrogens is 184 g/mol. The molecule has 2 nitrogen and oxygen atoms in total. The predicted molar refractivity (Wildman–Crippen MR) is 55.7 cm³/mol. The summed E-state index contributed by atoms with van der Waals surface area (Å²) < 4.78 is 0. The quantitative estimate of drug-likeness (QED) is 0.596. The maximum Gasteiger partial charge on any atom is 0.129 e. The maximum atomic E-state index is 5.90. The monoisotopic (exact) mass is 196 g/mol. The molecule has 1 atom stereocenters. The van der Waals surface area contributed by atoms with Crippen LogP contribution in [0, 0.1) is 6.92 Å². The summed E-state index contributed by atoms with van der Waals surface area (Å²) in [7, 11) is 0. The predicted octanol–water partition coefficient (Wildman–Crippen LogP) is 2.62. The van der Waals surface area contributed by atoms with Crippen molar-refractivity contribution in [1.29, 1.82) is 0 Å². The smallest absolute Gasteiger partial charge is 0.129 e. The summed E-state index contributed by atoms with van der Waals surface area (Å²) in [4.78, 5) is 3.99. The van der Waals surface area contributed by atoms with Crippen molar-refractivity contribution >= 4 is 11.6 Å². The van der Waals surface area contributed by atoms with Gasteiger partial charge in [0.15, 0.2) is 0 Å². The molecule has 0 aromatic carbocycles. The number of hydrogen-bond acceptors (Lipinski definition) is 2. The molecule has 0 amide bonds. The van der Waals surface area contributed by atoms with E-state index in [4.69, 9.17) is 17.3 Å². The van der Waals surface area contributed by atoms with Gasteiger partial charge in [0, 0.05) is 12.2 Å². The Morgan fingerprint density at radius 3 is 3.00 bits per heavy atom. The highest BCUT2D eigenvalue weighted by Crippen LogP contribution is 2.19. The highest BCUT2D eigenvalue weighted by Gasteiger charge is 2.07. The zero-order valence-electron chi connectivity index (χ0n) is 7.63. The van der Waals surface area contributed by atoms with Gasteiger partial charge in [-0.2, -0.15) is 0 Å². The van der Waals surface area contributed by atoms with Gasteiger partial charge >= 0.3 is 0 Å². The summed E-state index contributed by atoms with van der Waals surface area (Å²) in [5.41, 5.74) is 8.01. The molecule has 0 aliphatic heterocycles. The average molecular weight is 197 g/mol. The molecule has 0 bridgehead atoms. The van der Waals surface area contributed by atoms with Gasteiger partial charge in [0.2, 0.25) is 0 Å². The summed E-state index contributed by atoms with van der Waals surface area (Å²) in [5.74, 6) is 0. The lowest BCUT2D eigenvalue weighted by molar-refractivity contribution is 0.731. The highest BCUT2D eigenvalue weighted by atomic mass is 35.5. The third-order valence-electron chi connectivity index (χ3n) is 1.94. The van der Waals surface area contributed by atoms with Crippen LogP contribution >= 0.6 is 11.6 Å². The highest BCUT2D eigenvalue weighted by molar-refractivity contribution is 6.29. The number of pyridine rings is 1. The molecule has 0 spiro atoms. The van der Waals surface area contributed by atoms with Gasteiger partial charge < -0.3 is 5.73 Å². The van der Waals surface area contributed by atoms with Crippen LogP contribution in [0.5, 0.6) is 0 Å². The van der Waals surface area contributed by atoms with Crippen LogP contribution < -0.4 is 5.73 Å². The van der Waals surface area contributed by atoms with Crippen LogP contribution in [-0.2, 0) is 0 Å². The van der Waals surface area contributed by atoms with Gasteiger partial charge in [-0.1, -0.05) is 17.7 Å². The van der Waals surface area contributed by atoms with Crippen molar-refractivity contribution in [2.24, 2.45) is 5.73 Å². The Morgan fingerprint density at radius 1 is 1.77 bits per heavy atom. The van der Waals surface area contributed by atoms with Gasteiger partial charge in [0.25, 0.3) is 0 Å². The Bertz CT molecular complexity index is 310. The average Bonchev–Trinajstić information content (AvgIpc) is 2.04. The molecule has 0 radical (unpaired) electrons. The van der Waals surface area contributed by atoms with Crippen molar-refractivity contribution in [3.63, 3.8) is 0 Å². The number of hydrogen-bond donors (Lipinski definition) is 1. The third kappa shape index (κ3) is 2.54. The molecule has 0 saturated carbocycles. The van der Waals surface area contributed by atoms with E-state index in [9.17, 15) is 0 Å². The lowest BCUT2D eigenvalue weighted by Gasteiger charge is -2.11. The van der Waals surface area contributed by atoms with Gasteiger partial charge in [0.05, 0.1) is 0 Å². The van der Waals surface area contributed by atoms with Crippen LogP contribution in [0.4, 0.5) is 0 Å². The molecule has 1 aromatic rings. The Balaban J connectivity index is 2.94. The third-order valence-corrected chi connectivity index (χ3v) is 2.14. The summed E-state index contributed by atoms with van der Waals surface area (Å²) >= 11 is 5.73. The van der Waals surface area contributed by atoms with E-state index in [-0.39, 0.29) is 6.04 Å². The topological polar surface area (TPSA) is 38.9 Å². The second-order valence-corrected chi connectivity index (χ2v) is 3.38. The van der Waals surface area contributed by atoms with E-state index in [0.29, 0.717) is 5.15 Å². The van der Waals surface area contributed by atoms with Crippen LogP contribution in [-0.4, -0.2) is 4.98 Å². The van der Waals surface area contributed by atoms with Gasteiger partial charge in [-0.25, -0.2) is 4.98 Å². The van der Waals surface area contributed by atoms with E-state index >= 15 is 0 Å². The Kier molecular flexibility index (Phi) is 3.46. The van der Waals surface area contributed by atoms with Crippen LogP contribution in [0.1, 0.15) is 23.6 Å². The lowest BCUT2D eigenvalue weighted by Crippen LogP contribution is -2.11. The van der Waals surface area contributed by atoms with E-state index in [1.807, 2.05) is 13.0 Å². The second-order valence-electron chi connectivity index (χ2n) is 2.99. The van der Waals surface area contributed by atoms with Crippen LogP contribution in [0.15, 0.2) is 24.9 Å². The van der Waals surface area contributed by atoms with Gasteiger partial charge in [-0.05, 0) is 30.5 Å². The van der Waals surface area contributed by atoms with Crippen molar-refractivity contribution in [1.82, 2.24) is 4.98 Å². The van der Waals surface area contributed by atoms with Crippen molar-refractivity contribution < 1.29 is 0 Å². The molecule has 1 rings (SSSR count). The number of rotatable bonds is 3. The van der Waals surface area contributed by atoms with Gasteiger partial charge in [0.1, 0.15) is 5.15 Å². The van der Waals surface area contributed by atoms with Crippen LogP contribution in [0.2, 0.25) is 5.15 Å². The lowest BCUT2D eigenvalue weighted by atomic mass is 10.0. The van der Waals surface area contributed by atoms with E-state index in [1.165, 1.54) is 0 Å². The van der Waals surface area contributed by atoms with E-state index in [1.54, 1.807) is 12.3 Å². The Hall–Kier alpha value is -0.860. The Labute approximate surface area is 83.4 Å². The summed E-state index contributed by atoms with van der Waals surface area (Å²) in [6.45, 7) is 5.62. The van der Waals surface area contributed by atoms with Crippen LogP contribution in [0.3, 0.4) is 0 Å². The fourth-order valence-corrected chi connectivity index (χ4v) is 1.44. The normalized spacial score (nSPS) is 12.5. The molecule has 1 heterocycles. The first-order valence-electron chi connectivity index (χ1n) is 4.13. The van der Waals surface area contributed by atoms with Crippen LogP contribution in [0.25, 0.3) is 0 Å². The summed E-state index contributed by atoms with van der Waals surface area (Å²) in [6.07, 6.45) is 4.29. The first kappa shape index (κ1) is 10.2. The fraction of sp³-hybridized carbons (Fsp3) is 0.300. The zero-order chi connectivity index (χ0) is 9.84. The van der Waals surface area contributed by atoms with Crippen molar-refractivity contribution in [2.75, 3.05) is 0 Å². The minimum Gasteiger partial charge on any atom is -0.324 e. The van der Waals surface area contributed by atoms with Crippen molar-refractivity contribution in [3.8, 4) is 0 Å². The van der Waals surface area contributed by atoms with Gasteiger partial charge in [-0.15, -0.1) is 6.58 Å². The molecule has 70 valence electrons. The SMILES string of the molecule is C=CC[C@@H](N)c1cnc(Cl)cc1C. The summed E-state index contributed by atoms with van der Waals surface area (Å²) in [5, 5.41) is 0.507. The van der Waals surface area contributed by atoms with E-state index in [2.05, 4.69) is 11.6 Å². The fourth-order valence-electron chi connectivity index (χ4n) is 1.23. The van der Waals surface area contributed by atoms with Crippen molar-refractivity contribution in [3.05, 3.63) is 41.2 Å². The largest absolute Gasteiger partial charge is 0.324 e. The number of halogens is 1.